The predicted molar refractivity (Wildman–Crippen MR) is 96.8 cm³/mol. The predicted octanol–water partition coefficient (Wildman–Crippen LogP) is 4.37. The molecule has 3 nitrogen and oxygen atoms in total. The van der Waals surface area contributed by atoms with Gasteiger partial charge in [-0.2, -0.15) is 5.26 Å². The molecule has 0 amide bonds. The summed E-state index contributed by atoms with van der Waals surface area (Å²) in [6.07, 6.45) is 1.59. The SMILES string of the molecule is CC(CNc1ccc(C#N)cn1)(c1ccccc1)c1ccccc1. The first kappa shape index (κ1) is 15.8. The second-order valence-electron chi connectivity index (χ2n) is 5.96. The molecule has 3 aromatic rings. The van der Waals surface area contributed by atoms with Crippen LogP contribution in [0.25, 0.3) is 0 Å². The molecule has 118 valence electrons. The third-order valence-corrected chi connectivity index (χ3v) is 4.34. The van der Waals surface area contributed by atoms with Gasteiger partial charge in [0.05, 0.1) is 5.56 Å². The highest BCUT2D eigenvalue weighted by atomic mass is 15.0. The summed E-state index contributed by atoms with van der Waals surface area (Å²) in [5.41, 5.74) is 2.88. The summed E-state index contributed by atoms with van der Waals surface area (Å²) in [7, 11) is 0. The molecule has 0 bridgehead atoms. The third-order valence-electron chi connectivity index (χ3n) is 4.34. The molecule has 1 heterocycles. The summed E-state index contributed by atoms with van der Waals surface area (Å²) in [5, 5.41) is 12.3. The van der Waals surface area contributed by atoms with Crippen LogP contribution in [-0.2, 0) is 5.41 Å². The maximum Gasteiger partial charge on any atom is 0.126 e. The average Bonchev–Trinajstić information content (AvgIpc) is 2.68. The lowest BCUT2D eigenvalue weighted by molar-refractivity contribution is 0.603. The Balaban J connectivity index is 1.89. The summed E-state index contributed by atoms with van der Waals surface area (Å²) >= 11 is 0. The highest BCUT2D eigenvalue weighted by Crippen LogP contribution is 2.32. The fraction of sp³-hybridized carbons (Fsp3) is 0.143. The van der Waals surface area contributed by atoms with Crippen LogP contribution in [0, 0.1) is 11.3 Å². The Morgan fingerprint density at radius 1 is 0.917 bits per heavy atom. The molecule has 0 saturated heterocycles. The van der Waals surface area contributed by atoms with Gasteiger partial charge in [0.2, 0.25) is 0 Å². The molecule has 0 spiro atoms. The number of pyridine rings is 1. The second kappa shape index (κ2) is 6.97. The molecule has 0 aliphatic carbocycles. The van der Waals surface area contributed by atoms with Crippen LogP contribution in [0.1, 0.15) is 23.6 Å². The summed E-state index contributed by atoms with van der Waals surface area (Å²) in [5.74, 6) is 0.770. The molecule has 0 fully saturated rings. The van der Waals surface area contributed by atoms with E-state index in [1.165, 1.54) is 11.1 Å². The van der Waals surface area contributed by atoms with Crippen LogP contribution in [0.2, 0.25) is 0 Å². The van der Waals surface area contributed by atoms with Crippen LogP contribution >= 0.6 is 0 Å². The fourth-order valence-electron chi connectivity index (χ4n) is 2.81. The van der Waals surface area contributed by atoms with E-state index in [2.05, 4.69) is 71.8 Å². The molecule has 1 aromatic heterocycles. The summed E-state index contributed by atoms with van der Waals surface area (Å²) in [6, 6.07) is 26.6. The van der Waals surface area contributed by atoms with Gasteiger partial charge in [-0.15, -0.1) is 0 Å². The number of hydrogen-bond acceptors (Lipinski definition) is 3. The summed E-state index contributed by atoms with van der Waals surface area (Å²) < 4.78 is 0. The van der Waals surface area contributed by atoms with E-state index in [0.717, 1.165) is 5.82 Å². The number of aromatic nitrogens is 1. The number of anilines is 1. The van der Waals surface area contributed by atoms with Crippen molar-refractivity contribution in [2.45, 2.75) is 12.3 Å². The third kappa shape index (κ3) is 3.28. The van der Waals surface area contributed by atoms with Gasteiger partial charge in [-0.3, -0.25) is 0 Å². The molecule has 0 atom stereocenters. The number of nitriles is 1. The first-order chi connectivity index (χ1) is 11.7. The van der Waals surface area contributed by atoms with Crippen LogP contribution < -0.4 is 5.32 Å². The fourth-order valence-corrected chi connectivity index (χ4v) is 2.81. The first-order valence-electron chi connectivity index (χ1n) is 7.93. The van der Waals surface area contributed by atoms with E-state index in [0.29, 0.717) is 12.1 Å². The van der Waals surface area contributed by atoms with Crippen LogP contribution in [0.4, 0.5) is 5.82 Å². The molecule has 1 N–H and O–H groups in total. The Morgan fingerprint density at radius 2 is 1.50 bits per heavy atom. The van der Waals surface area contributed by atoms with E-state index in [4.69, 9.17) is 5.26 Å². The summed E-state index contributed by atoms with van der Waals surface area (Å²) in [4.78, 5) is 4.31. The molecule has 2 aromatic carbocycles. The monoisotopic (exact) mass is 313 g/mol. The second-order valence-corrected chi connectivity index (χ2v) is 5.96. The quantitative estimate of drug-likeness (QED) is 0.761. The minimum absolute atomic E-state index is 0.182. The highest BCUT2D eigenvalue weighted by molar-refractivity contribution is 5.44. The zero-order valence-corrected chi connectivity index (χ0v) is 13.6. The maximum absolute atomic E-state index is 8.87. The van der Waals surface area contributed by atoms with Crippen molar-refractivity contribution in [1.29, 1.82) is 5.26 Å². The zero-order chi connectivity index (χ0) is 16.8. The van der Waals surface area contributed by atoms with Gasteiger partial charge in [-0.05, 0) is 30.2 Å². The minimum atomic E-state index is -0.182. The van der Waals surface area contributed by atoms with Crippen LogP contribution in [-0.4, -0.2) is 11.5 Å². The normalized spacial score (nSPS) is 10.8. The van der Waals surface area contributed by atoms with E-state index in [9.17, 15) is 0 Å². The van der Waals surface area contributed by atoms with Crippen molar-refractivity contribution in [2.75, 3.05) is 11.9 Å². The molecule has 0 saturated carbocycles. The molecular formula is C21H19N3. The van der Waals surface area contributed by atoms with Crippen molar-refractivity contribution in [3.63, 3.8) is 0 Å². The minimum Gasteiger partial charge on any atom is -0.369 e. The van der Waals surface area contributed by atoms with Crippen molar-refractivity contribution in [3.05, 3.63) is 95.7 Å². The van der Waals surface area contributed by atoms with Crippen LogP contribution in [0.15, 0.2) is 79.0 Å². The zero-order valence-electron chi connectivity index (χ0n) is 13.6. The van der Waals surface area contributed by atoms with E-state index in [1.54, 1.807) is 12.3 Å². The molecule has 3 heteroatoms. The van der Waals surface area contributed by atoms with Crippen LogP contribution in [0.3, 0.4) is 0 Å². The molecule has 0 aliphatic rings. The molecular weight excluding hydrogens is 294 g/mol. The van der Waals surface area contributed by atoms with Crippen molar-refractivity contribution >= 4 is 5.82 Å². The lowest BCUT2D eigenvalue weighted by Gasteiger charge is -2.31. The maximum atomic E-state index is 8.87. The van der Waals surface area contributed by atoms with E-state index in [-0.39, 0.29) is 5.41 Å². The van der Waals surface area contributed by atoms with Gasteiger partial charge >= 0.3 is 0 Å². The van der Waals surface area contributed by atoms with Gasteiger partial charge < -0.3 is 5.32 Å². The number of rotatable bonds is 5. The number of nitrogens with one attached hydrogen (secondary N) is 1. The molecule has 0 aliphatic heterocycles. The van der Waals surface area contributed by atoms with E-state index >= 15 is 0 Å². The van der Waals surface area contributed by atoms with E-state index < -0.39 is 0 Å². The van der Waals surface area contributed by atoms with Crippen molar-refractivity contribution in [2.24, 2.45) is 0 Å². The molecule has 0 unspecified atom stereocenters. The van der Waals surface area contributed by atoms with Gasteiger partial charge in [-0.25, -0.2) is 4.98 Å². The standard InChI is InChI=1S/C21H19N3/c1-21(18-8-4-2-5-9-18,19-10-6-3-7-11-19)16-24-20-13-12-17(14-22)15-23-20/h2-13,15H,16H2,1H3,(H,23,24). The smallest absolute Gasteiger partial charge is 0.126 e. The molecule has 3 rings (SSSR count). The summed E-state index contributed by atoms with van der Waals surface area (Å²) in [6.45, 7) is 2.94. The van der Waals surface area contributed by atoms with Crippen molar-refractivity contribution < 1.29 is 0 Å². The van der Waals surface area contributed by atoms with Gasteiger partial charge in [0, 0.05) is 18.2 Å². The van der Waals surface area contributed by atoms with Gasteiger partial charge in [0.25, 0.3) is 0 Å². The molecule has 0 radical (unpaired) electrons. The Bertz CT molecular complexity index is 779. The Labute approximate surface area is 142 Å². The number of benzene rings is 2. The largest absolute Gasteiger partial charge is 0.369 e. The topological polar surface area (TPSA) is 48.7 Å². The first-order valence-corrected chi connectivity index (χ1v) is 7.93. The molecule has 24 heavy (non-hydrogen) atoms. The van der Waals surface area contributed by atoms with Gasteiger partial charge in [0.15, 0.2) is 0 Å². The Hall–Kier alpha value is -3.12. The van der Waals surface area contributed by atoms with Gasteiger partial charge in [0.1, 0.15) is 11.9 Å². The number of nitrogens with zero attached hydrogens (tertiary/aromatic N) is 2. The highest BCUT2D eigenvalue weighted by Gasteiger charge is 2.28. The van der Waals surface area contributed by atoms with Gasteiger partial charge in [-0.1, -0.05) is 60.7 Å². The van der Waals surface area contributed by atoms with Crippen LogP contribution in [0.5, 0.6) is 0 Å². The lowest BCUT2D eigenvalue weighted by Crippen LogP contribution is -2.32. The lowest BCUT2D eigenvalue weighted by atomic mass is 9.76. The van der Waals surface area contributed by atoms with E-state index in [1.807, 2.05) is 18.2 Å². The van der Waals surface area contributed by atoms with Crippen molar-refractivity contribution in [3.8, 4) is 6.07 Å². The van der Waals surface area contributed by atoms with Crippen molar-refractivity contribution in [1.82, 2.24) is 4.98 Å². The Kier molecular flexibility index (Phi) is 4.58. The Morgan fingerprint density at radius 3 is 1.96 bits per heavy atom. The number of hydrogen-bond donors (Lipinski definition) is 1. The average molecular weight is 313 g/mol.